The molecule has 0 spiro atoms. The zero-order valence-corrected chi connectivity index (χ0v) is 9.14. The number of esters is 1. The number of ether oxygens (including phenoxy) is 1. The van der Waals surface area contributed by atoms with E-state index < -0.39 is 11.9 Å². The van der Waals surface area contributed by atoms with Crippen molar-refractivity contribution in [2.45, 2.75) is 13.5 Å². The van der Waals surface area contributed by atoms with Crippen molar-refractivity contribution < 1.29 is 14.6 Å². The number of hydrogen-bond donors (Lipinski definition) is 1. The van der Waals surface area contributed by atoms with E-state index in [0.717, 1.165) is 5.56 Å². The minimum Gasteiger partial charge on any atom is -0.460 e. The normalized spacial score (nSPS) is 11.1. The summed E-state index contributed by atoms with van der Waals surface area (Å²) < 4.78 is 5.03. The van der Waals surface area contributed by atoms with Gasteiger partial charge in [0, 0.05) is 0 Å². The van der Waals surface area contributed by atoms with Crippen molar-refractivity contribution in [1.82, 2.24) is 0 Å². The smallest absolute Gasteiger partial charge is 0.323 e. The van der Waals surface area contributed by atoms with Crippen molar-refractivity contribution in [1.29, 1.82) is 0 Å². The molecule has 0 aliphatic rings. The van der Waals surface area contributed by atoms with Crippen LogP contribution in [-0.2, 0) is 16.1 Å². The number of rotatable bonds is 4. The summed E-state index contributed by atoms with van der Waals surface area (Å²) in [5.41, 5.74) is 0.914. The summed E-state index contributed by atoms with van der Waals surface area (Å²) >= 11 is 0. The van der Waals surface area contributed by atoms with E-state index in [0.29, 0.717) is 0 Å². The monoisotopic (exact) mass is 218 g/mol. The van der Waals surface area contributed by atoms with Crippen LogP contribution in [0.25, 0.3) is 0 Å². The molecule has 0 bridgehead atoms. The fraction of sp³-hybridized carbons (Fsp3) is 0.308. The number of aliphatic hydroxyl groups is 1. The van der Waals surface area contributed by atoms with Crippen LogP contribution in [0.4, 0.5) is 0 Å². The van der Waals surface area contributed by atoms with Gasteiger partial charge in [-0.05, 0) is 12.5 Å². The molecule has 1 aromatic carbocycles. The van der Waals surface area contributed by atoms with Crippen LogP contribution >= 0.6 is 0 Å². The molecule has 0 aliphatic carbocycles. The SMILES string of the molecule is CC#CC(CO)C(=O)OCc1ccccc1. The first kappa shape index (κ1) is 12.3. The Morgan fingerprint density at radius 1 is 1.44 bits per heavy atom. The molecule has 3 nitrogen and oxygen atoms in total. The molecule has 0 saturated carbocycles. The summed E-state index contributed by atoms with van der Waals surface area (Å²) in [6, 6.07) is 9.38. The van der Waals surface area contributed by atoms with Crippen molar-refractivity contribution in [2.75, 3.05) is 6.61 Å². The number of hydrogen-bond acceptors (Lipinski definition) is 3. The minimum absolute atomic E-state index is 0.210. The average Bonchev–Trinajstić information content (AvgIpc) is 2.34. The summed E-state index contributed by atoms with van der Waals surface area (Å²) in [6.07, 6.45) is 0. The second-order valence-corrected chi connectivity index (χ2v) is 3.22. The maximum absolute atomic E-state index is 11.5. The van der Waals surface area contributed by atoms with Gasteiger partial charge in [-0.1, -0.05) is 36.3 Å². The van der Waals surface area contributed by atoms with E-state index >= 15 is 0 Å². The lowest BCUT2D eigenvalue weighted by molar-refractivity contribution is -0.148. The summed E-state index contributed by atoms with van der Waals surface area (Å²) in [4.78, 5) is 11.5. The predicted molar refractivity (Wildman–Crippen MR) is 60.3 cm³/mol. The van der Waals surface area contributed by atoms with Crippen LogP contribution in [0.5, 0.6) is 0 Å². The maximum Gasteiger partial charge on any atom is 0.323 e. The van der Waals surface area contributed by atoms with Gasteiger partial charge in [0.2, 0.25) is 0 Å². The molecule has 84 valence electrons. The molecule has 1 atom stereocenters. The van der Waals surface area contributed by atoms with E-state index in [9.17, 15) is 4.79 Å². The first-order valence-corrected chi connectivity index (χ1v) is 5.01. The molecule has 1 rings (SSSR count). The topological polar surface area (TPSA) is 46.5 Å². The third-order valence-electron chi connectivity index (χ3n) is 2.01. The van der Waals surface area contributed by atoms with Crippen molar-refractivity contribution in [3.8, 4) is 11.8 Å². The maximum atomic E-state index is 11.5. The molecule has 16 heavy (non-hydrogen) atoms. The molecular weight excluding hydrogens is 204 g/mol. The van der Waals surface area contributed by atoms with Crippen molar-refractivity contribution in [3.05, 3.63) is 35.9 Å². The average molecular weight is 218 g/mol. The second-order valence-electron chi connectivity index (χ2n) is 3.22. The van der Waals surface area contributed by atoms with Gasteiger partial charge in [0.1, 0.15) is 12.5 Å². The molecule has 0 radical (unpaired) electrons. The Labute approximate surface area is 95.1 Å². The lowest BCUT2D eigenvalue weighted by Gasteiger charge is -2.08. The highest BCUT2D eigenvalue weighted by atomic mass is 16.5. The van der Waals surface area contributed by atoms with Gasteiger partial charge in [0.25, 0.3) is 0 Å². The minimum atomic E-state index is -0.742. The van der Waals surface area contributed by atoms with Crippen LogP contribution < -0.4 is 0 Å². The van der Waals surface area contributed by atoms with Gasteiger partial charge in [-0.2, -0.15) is 0 Å². The number of benzene rings is 1. The highest BCUT2D eigenvalue weighted by molar-refractivity contribution is 5.75. The molecule has 3 heteroatoms. The number of carbonyl (C=O) groups is 1. The van der Waals surface area contributed by atoms with Gasteiger partial charge in [0.15, 0.2) is 0 Å². The summed E-state index contributed by atoms with van der Waals surface area (Å²) in [5.74, 6) is 3.95. The van der Waals surface area contributed by atoms with Gasteiger partial charge in [0.05, 0.1) is 6.61 Å². The van der Waals surface area contributed by atoms with Crippen LogP contribution in [0.15, 0.2) is 30.3 Å². The van der Waals surface area contributed by atoms with E-state index in [2.05, 4.69) is 11.8 Å². The summed E-state index contributed by atoms with van der Waals surface area (Å²) in [6.45, 7) is 1.52. The highest BCUT2D eigenvalue weighted by Crippen LogP contribution is 2.04. The molecule has 0 amide bonds. The van der Waals surface area contributed by atoms with E-state index in [4.69, 9.17) is 9.84 Å². The van der Waals surface area contributed by atoms with E-state index in [1.165, 1.54) is 0 Å². The van der Waals surface area contributed by atoms with Crippen LogP contribution in [0.3, 0.4) is 0 Å². The molecule has 0 heterocycles. The highest BCUT2D eigenvalue weighted by Gasteiger charge is 2.15. The molecular formula is C13H14O3. The Morgan fingerprint density at radius 2 is 2.12 bits per heavy atom. The summed E-state index contributed by atoms with van der Waals surface area (Å²) in [7, 11) is 0. The molecule has 1 unspecified atom stereocenters. The van der Waals surface area contributed by atoms with Crippen LogP contribution in [0.2, 0.25) is 0 Å². The fourth-order valence-corrected chi connectivity index (χ4v) is 1.18. The second kappa shape index (κ2) is 6.65. The van der Waals surface area contributed by atoms with Gasteiger partial charge < -0.3 is 9.84 Å². The Kier molecular flexibility index (Phi) is 5.10. The Morgan fingerprint density at radius 3 is 2.69 bits per heavy atom. The molecule has 0 aliphatic heterocycles. The molecule has 0 fully saturated rings. The van der Waals surface area contributed by atoms with Gasteiger partial charge in [-0.25, -0.2) is 0 Å². The van der Waals surface area contributed by atoms with E-state index in [-0.39, 0.29) is 13.2 Å². The number of carbonyl (C=O) groups excluding carboxylic acids is 1. The van der Waals surface area contributed by atoms with Gasteiger partial charge in [-0.3, -0.25) is 4.79 Å². The van der Waals surface area contributed by atoms with E-state index in [1.54, 1.807) is 6.92 Å². The van der Waals surface area contributed by atoms with Crippen molar-refractivity contribution in [2.24, 2.45) is 5.92 Å². The fourth-order valence-electron chi connectivity index (χ4n) is 1.18. The first-order chi connectivity index (χ1) is 7.77. The van der Waals surface area contributed by atoms with Gasteiger partial charge in [-0.15, -0.1) is 5.92 Å². The molecule has 1 aromatic rings. The van der Waals surface area contributed by atoms with Crippen molar-refractivity contribution in [3.63, 3.8) is 0 Å². The standard InChI is InChI=1S/C13H14O3/c1-2-6-12(9-14)13(15)16-10-11-7-4-3-5-8-11/h3-5,7-8,12,14H,9-10H2,1H3. The van der Waals surface area contributed by atoms with Crippen LogP contribution in [0, 0.1) is 17.8 Å². The number of aliphatic hydroxyl groups excluding tert-OH is 1. The Bertz CT molecular complexity index is 387. The van der Waals surface area contributed by atoms with Crippen molar-refractivity contribution >= 4 is 5.97 Å². The predicted octanol–water partition coefficient (Wildman–Crippen LogP) is 1.36. The zero-order chi connectivity index (χ0) is 11.8. The third kappa shape index (κ3) is 3.76. The largest absolute Gasteiger partial charge is 0.460 e. The van der Waals surface area contributed by atoms with Crippen LogP contribution in [-0.4, -0.2) is 17.7 Å². The lowest BCUT2D eigenvalue weighted by atomic mass is 10.2. The zero-order valence-electron chi connectivity index (χ0n) is 9.14. The Balaban J connectivity index is 2.48. The third-order valence-corrected chi connectivity index (χ3v) is 2.01. The molecule has 1 N–H and O–H groups in total. The first-order valence-electron chi connectivity index (χ1n) is 5.01. The lowest BCUT2D eigenvalue weighted by Crippen LogP contribution is -2.19. The Hall–Kier alpha value is -1.79. The summed E-state index contributed by atoms with van der Waals surface area (Å²) in [5, 5.41) is 8.92. The van der Waals surface area contributed by atoms with Gasteiger partial charge >= 0.3 is 5.97 Å². The molecule has 0 saturated heterocycles. The van der Waals surface area contributed by atoms with Crippen LogP contribution in [0.1, 0.15) is 12.5 Å². The molecule has 0 aromatic heterocycles. The van der Waals surface area contributed by atoms with E-state index in [1.807, 2.05) is 30.3 Å². The quantitative estimate of drug-likeness (QED) is 0.613.